The molecule has 2 nitrogen and oxygen atoms in total. The van der Waals surface area contributed by atoms with Crippen LogP contribution in [0.2, 0.25) is 0 Å². The van der Waals surface area contributed by atoms with Crippen molar-refractivity contribution in [1.82, 2.24) is 0 Å². The fourth-order valence-electron chi connectivity index (χ4n) is 1.92. The van der Waals surface area contributed by atoms with Crippen molar-refractivity contribution in [2.24, 2.45) is 11.8 Å². The van der Waals surface area contributed by atoms with Crippen LogP contribution in [0.1, 0.15) is 72.6 Å². The van der Waals surface area contributed by atoms with Gasteiger partial charge in [-0.05, 0) is 25.2 Å². The number of rotatable bonds is 10. The van der Waals surface area contributed by atoms with E-state index in [1.165, 1.54) is 25.7 Å². The fourth-order valence-corrected chi connectivity index (χ4v) is 1.92. The first-order chi connectivity index (χ1) is 8.11. The number of unbranched alkanes of at least 4 members (excludes halogenated alkanes) is 3. The maximum Gasteiger partial charge on any atom is 0.308 e. The summed E-state index contributed by atoms with van der Waals surface area (Å²) in [7, 11) is 0. The van der Waals surface area contributed by atoms with Crippen LogP contribution in [0.3, 0.4) is 0 Å². The topological polar surface area (TPSA) is 26.3 Å². The molecule has 0 saturated carbocycles. The van der Waals surface area contributed by atoms with Gasteiger partial charge in [-0.1, -0.05) is 53.4 Å². The van der Waals surface area contributed by atoms with Crippen LogP contribution in [0, 0.1) is 11.8 Å². The molecule has 0 spiro atoms. The lowest BCUT2D eigenvalue weighted by Gasteiger charge is -2.11. The average molecular weight is 242 g/mol. The number of ether oxygens (including phenoxy) is 1. The molecule has 0 unspecified atom stereocenters. The Labute approximate surface area is 107 Å². The lowest BCUT2D eigenvalue weighted by molar-refractivity contribution is -0.148. The normalized spacial score (nSPS) is 11.2. The second-order valence-electron chi connectivity index (χ2n) is 5.28. The highest BCUT2D eigenvalue weighted by atomic mass is 16.5. The highest BCUT2D eigenvalue weighted by Gasteiger charge is 2.14. The fraction of sp³-hybridized carbons (Fsp3) is 0.933. The van der Waals surface area contributed by atoms with Gasteiger partial charge in [0.2, 0.25) is 0 Å². The van der Waals surface area contributed by atoms with Crippen LogP contribution < -0.4 is 0 Å². The number of esters is 1. The predicted octanol–water partition coefficient (Wildman–Crippen LogP) is 4.57. The summed E-state index contributed by atoms with van der Waals surface area (Å²) >= 11 is 0. The van der Waals surface area contributed by atoms with Crippen molar-refractivity contribution in [1.29, 1.82) is 0 Å². The first-order valence-electron chi connectivity index (χ1n) is 7.28. The lowest BCUT2D eigenvalue weighted by Crippen LogP contribution is -2.16. The molecule has 0 bridgehead atoms. The minimum atomic E-state index is -0.00261. The van der Waals surface area contributed by atoms with Crippen LogP contribution in [0.25, 0.3) is 0 Å². The van der Waals surface area contributed by atoms with E-state index in [2.05, 4.69) is 13.8 Å². The highest BCUT2D eigenvalue weighted by Crippen LogP contribution is 2.11. The summed E-state index contributed by atoms with van der Waals surface area (Å²) in [6, 6.07) is 0. The average Bonchev–Trinajstić information content (AvgIpc) is 2.29. The van der Waals surface area contributed by atoms with Crippen LogP contribution in [0.5, 0.6) is 0 Å². The largest absolute Gasteiger partial charge is 0.465 e. The first-order valence-corrected chi connectivity index (χ1v) is 7.28. The van der Waals surface area contributed by atoms with E-state index in [9.17, 15) is 4.79 Å². The molecule has 0 heterocycles. The summed E-state index contributed by atoms with van der Waals surface area (Å²) in [6.45, 7) is 9.22. The Morgan fingerprint density at radius 3 is 2.12 bits per heavy atom. The van der Waals surface area contributed by atoms with Crippen molar-refractivity contribution in [3.8, 4) is 0 Å². The van der Waals surface area contributed by atoms with E-state index in [1.807, 2.05) is 13.8 Å². The molecule has 102 valence electrons. The number of carbonyl (C=O) groups excluding carboxylic acids is 1. The van der Waals surface area contributed by atoms with Crippen LogP contribution in [-0.4, -0.2) is 12.6 Å². The monoisotopic (exact) mass is 242 g/mol. The van der Waals surface area contributed by atoms with Crippen molar-refractivity contribution in [2.45, 2.75) is 72.6 Å². The molecule has 17 heavy (non-hydrogen) atoms. The van der Waals surface area contributed by atoms with Gasteiger partial charge in [0.15, 0.2) is 0 Å². The molecule has 0 saturated heterocycles. The summed E-state index contributed by atoms with van der Waals surface area (Å²) in [5.74, 6) is 0.913. The lowest BCUT2D eigenvalue weighted by atomic mass is 10.0. The van der Waals surface area contributed by atoms with Gasteiger partial charge in [0.25, 0.3) is 0 Å². The molecule has 0 aliphatic heterocycles. The van der Waals surface area contributed by atoms with E-state index in [-0.39, 0.29) is 11.9 Å². The molecule has 0 rings (SSSR count). The molecule has 0 amide bonds. The van der Waals surface area contributed by atoms with E-state index < -0.39 is 0 Å². The van der Waals surface area contributed by atoms with E-state index >= 15 is 0 Å². The van der Waals surface area contributed by atoms with Crippen LogP contribution in [-0.2, 0) is 9.53 Å². The molecule has 0 aromatic heterocycles. The van der Waals surface area contributed by atoms with Gasteiger partial charge in [0.1, 0.15) is 0 Å². The number of carbonyl (C=O) groups is 1. The Morgan fingerprint density at radius 1 is 1.00 bits per heavy atom. The summed E-state index contributed by atoms with van der Waals surface area (Å²) in [4.78, 5) is 11.6. The molecule has 0 atom stereocenters. The zero-order valence-corrected chi connectivity index (χ0v) is 12.1. The van der Waals surface area contributed by atoms with Gasteiger partial charge in [-0.25, -0.2) is 0 Å². The Kier molecular flexibility index (Phi) is 10.3. The Bertz CT molecular complexity index is 183. The van der Waals surface area contributed by atoms with E-state index in [1.54, 1.807) is 0 Å². The molecule has 0 aliphatic rings. The van der Waals surface area contributed by atoms with Crippen molar-refractivity contribution in [3.63, 3.8) is 0 Å². The molecular formula is C15H30O2. The summed E-state index contributed by atoms with van der Waals surface area (Å²) < 4.78 is 5.27. The SMILES string of the molecule is CCC(CC)C(=O)OCCCCCCC(C)C. The molecular weight excluding hydrogens is 212 g/mol. The van der Waals surface area contributed by atoms with Gasteiger partial charge in [0, 0.05) is 0 Å². The van der Waals surface area contributed by atoms with Gasteiger partial charge in [-0.2, -0.15) is 0 Å². The summed E-state index contributed by atoms with van der Waals surface area (Å²) in [5, 5.41) is 0. The third-order valence-corrected chi connectivity index (χ3v) is 3.24. The minimum absolute atomic E-state index is 0.00261. The van der Waals surface area contributed by atoms with E-state index in [0.717, 1.165) is 25.2 Å². The maximum atomic E-state index is 11.6. The van der Waals surface area contributed by atoms with Gasteiger partial charge in [-0.15, -0.1) is 0 Å². The molecule has 0 aromatic rings. The molecule has 0 fully saturated rings. The summed E-state index contributed by atoms with van der Waals surface area (Å²) in [6.07, 6.45) is 7.87. The standard InChI is InChI=1S/C15H30O2/c1-5-14(6-2)15(16)17-12-10-8-7-9-11-13(3)4/h13-14H,5-12H2,1-4H3. The van der Waals surface area contributed by atoms with Crippen LogP contribution in [0.4, 0.5) is 0 Å². The molecule has 2 heteroatoms. The minimum Gasteiger partial charge on any atom is -0.465 e. The second-order valence-corrected chi connectivity index (χ2v) is 5.28. The summed E-state index contributed by atoms with van der Waals surface area (Å²) in [5.41, 5.74) is 0. The number of hydrogen-bond donors (Lipinski definition) is 0. The quantitative estimate of drug-likeness (QED) is 0.414. The van der Waals surface area contributed by atoms with Crippen molar-refractivity contribution >= 4 is 5.97 Å². The Morgan fingerprint density at radius 2 is 1.59 bits per heavy atom. The van der Waals surface area contributed by atoms with Gasteiger partial charge >= 0.3 is 5.97 Å². The van der Waals surface area contributed by atoms with E-state index in [0.29, 0.717) is 6.61 Å². The predicted molar refractivity (Wildman–Crippen MR) is 73.0 cm³/mol. The van der Waals surface area contributed by atoms with Crippen LogP contribution >= 0.6 is 0 Å². The smallest absolute Gasteiger partial charge is 0.308 e. The van der Waals surface area contributed by atoms with E-state index in [4.69, 9.17) is 4.74 Å². The molecule has 0 aromatic carbocycles. The maximum absolute atomic E-state index is 11.6. The second kappa shape index (κ2) is 10.6. The molecule has 0 aliphatic carbocycles. The zero-order valence-electron chi connectivity index (χ0n) is 12.1. The third-order valence-electron chi connectivity index (χ3n) is 3.24. The van der Waals surface area contributed by atoms with Gasteiger partial charge in [0.05, 0.1) is 12.5 Å². The first kappa shape index (κ1) is 16.5. The zero-order chi connectivity index (χ0) is 13.1. The number of hydrogen-bond acceptors (Lipinski definition) is 2. The third kappa shape index (κ3) is 9.20. The van der Waals surface area contributed by atoms with Crippen LogP contribution in [0.15, 0.2) is 0 Å². The molecule has 0 radical (unpaired) electrons. The van der Waals surface area contributed by atoms with Gasteiger partial charge < -0.3 is 4.74 Å². The van der Waals surface area contributed by atoms with Crippen molar-refractivity contribution < 1.29 is 9.53 Å². The van der Waals surface area contributed by atoms with Gasteiger partial charge in [-0.3, -0.25) is 4.79 Å². The Hall–Kier alpha value is -0.530. The Balaban J connectivity index is 3.36. The van der Waals surface area contributed by atoms with Crippen molar-refractivity contribution in [2.75, 3.05) is 6.61 Å². The molecule has 0 N–H and O–H groups in total. The highest BCUT2D eigenvalue weighted by molar-refractivity contribution is 5.72. The van der Waals surface area contributed by atoms with Crippen molar-refractivity contribution in [3.05, 3.63) is 0 Å².